The summed E-state index contributed by atoms with van der Waals surface area (Å²) < 4.78 is 35.4. The number of piperidine rings is 1. The lowest BCUT2D eigenvalue weighted by Crippen LogP contribution is -2.39. The molecule has 2 saturated heterocycles. The number of benzene rings is 1. The van der Waals surface area contributed by atoms with E-state index >= 15 is 0 Å². The number of hydrogen-bond donors (Lipinski definition) is 0. The van der Waals surface area contributed by atoms with E-state index in [1.165, 1.54) is 23.8 Å². The smallest absolute Gasteiger partial charge is 0.253 e. The molecule has 1 aromatic carbocycles. The number of amides is 1. The Bertz CT molecular complexity index is 993. The van der Waals surface area contributed by atoms with E-state index < -0.39 is 10.0 Å². The van der Waals surface area contributed by atoms with Crippen LogP contribution in [-0.2, 0) is 10.0 Å². The van der Waals surface area contributed by atoms with Crippen LogP contribution in [0.3, 0.4) is 0 Å². The molecule has 0 spiro atoms. The Morgan fingerprint density at radius 3 is 2.39 bits per heavy atom. The van der Waals surface area contributed by atoms with Crippen LogP contribution in [0.5, 0.6) is 5.75 Å². The third kappa shape index (κ3) is 4.59. The number of aromatic nitrogens is 3. The summed E-state index contributed by atoms with van der Waals surface area (Å²) >= 11 is 0. The first kappa shape index (κ1) is 21.8. The number of rotatable bonds is 5. The zero-order valence-electron chi connectivity index (χ0n) is 17.8. The molecule has 1 aromatic heterocycles. The molecule has 0 radical (unpaired) electrons. The number of hydrogen-bond acceptors (Lipinski definition) is 6. The van der Waals surface area contributed by atoms with Gasteiger partial charge in [0.25, 0.3) is 5.91 Å². The van der Waals surface area contributed by atoms with Gasteiger partial charge in [-0.15, -0.1) is 0 Å². The summed E-state index contributed by atoms with van der Waals surface area (Å²) in [6.45, 7) is 2.17. The number of sulfonamides is 1. The Labute approximate surface area is 183 Å². The van der Waals surface area contributed by atoms with Crippen molar-refractivity contribution >= 4 is 15.9 Å². The minimum atomic E-state index is -3.73. The normalized spacial score (nSPS) is 19.2. The maximum Gasteiger partial charge on any atom is 0.253 e. The molecular weight excluding hydrogens is 418 g/mol. The second-order valence-electron chi connectivity index (χ2n) is 8.08. The summed E-state index contributed by atoms with van der Waals surface area (Å²) in [6.07, 6.45) is 8.54. The van der Waals surface area contributed by atoms with E-state index in [1.54, 1.807) is 23.4 Å². The fraction of sp³-hybridized carbons (Fsp3) is 0.571. The fourth-order valence-corrected chi connectivity index (χ4v) is 6.05. The van der Waals surface area contributed by atoms with E-state index in [0.29, 0.717) is 31.7 Å². The fourth-order valence-electron chi connectivity index (χ4n) is 4.35. The molecule has 1 amide bonds. The molecule has 9 nitrogen and oxygen atoms in total. The first-order chi connectivity index (χ1) is 15.0. The van der Waals surface area contributed by atoms with Crippen molar-refractivity contribution in [3.63, 3.8) is 0 Å². The van der Waals surface area contributed by atoms with Gasteiger partial charge in [0.15, 0.2) is 0 Å². The van der Waals surface area contributed by atoms with Crippen LogP contribution >= 0.6 is 0 Å². The van der Waals surface area contributed by atoms with Crippen molar-refractivity contribution in [3.8, 4) is 5.75 Å². The minimum absolute atomic E-state index is 0.0697. The maximum absolute atomic E-state index is 13.4. The molecule has 0 unspecified atom stereocenters. The Balaban J connectivity index is 1.53. The largest absolute Gasteiger partial charge is 0.495 e. The molecule has 4 rings (SSSR count). The summed E-state index contributed by atoms with van der Waals surface area (Å²) in [7, 11) is -2.28. The van der Waals surface area contributed by atoms with Crippen LogP contribution < -0.4 is 4.74 Å². The van der Waals surface area contributed by atoms with E-state index in [0.717, 1.165) is 38.5 Å². The van der Waals surface area contributed by atoms with Gasteiger partial charge in [0.1, 0.15) is 23.3 Å². The van der Waals surface area contributed by atoms with Gasteiger partial charge in [-0.2, -0.15) is 9.40 Å². The van der Waals surface area contributed by atoms with Crippen LogP contribution in [-0.4, -0.2) is 71.6 Å². The average molecular weight is 448 g/mol. The summed E-state index contributed by atoms with van der Waals surface area (Å²) in [5.41, 5.74) is 0.369. The second kappa shape index (κ2) is 9.35. The monoisotopic (exact) mass is 447 g/mol. The number of ether oxygens (including phenoxy) is 1. The van der Waals surface area contributed by atoms with Gasteiger partial charge in [0.05, 0.1) is 13.2 Å². The molecule has 2 aliphatic rings. The van der Waals surface area contributed by atoms with Crippen molar-refractivity contribution in [1.29, 1.82) is 0 Å². The van der Waals surface area contributed by atoms with Crippen LogP contribution in [0.1, 0.15) is 54.9 Å². The van der Waals surface area contributed by atoms with Crippen molar-refractivity contribution in [2.45, 2.75) is 49.5 Å². The summed E-state index contributed by atoms with van der Waals surface area (Å²) in [4.78, 5) is 19.0. The van der Waals surface area contributed by atoms with Gasteiger partial charge in [-0.3, -0.25) is 4.79 Å². The summed E-state index contributed by atoms with van der Waals surface area (Å²) in [6, 6.07) is 4.93. The molecule has 0 saturated carbocycles. The highest BCUT2D eigenvalue weighted by Crippen LogP contribution is 2.30. The molecule has 0 atom stereocenters. The molecule has 10 heteroatoms. The lowest BCUT2D eigenvalue weighted by molar-refractivity contribution is 0.0689. The number of carbonyl (C=O) groups is 1. The van der Waals surface area contributed by atoms with Crippen LogP contribution in [0, 0.1) is 0 Å². The molecule has 31 heavy (non-hydrogen) atoms. The molecular formula is C21H29N5O4S. The molecule has 3 heterocycles. The average Bonchev–Trinajstić information content (AvgIpc) is 3.19. The Morgan fingerprint density at radius 2 is 1.77 bits per heavy atom. The highest BCUT2D eigenvalue weighted by molar-refractivity contribution is 7.89. The molecule has 2 fully saturated rings. The van der Waals surface area contributed by atoms with Gasteiger partial charge in [-0.1, -0.05) is 12.8 Å². The van der Waals surface area contributed by atoms with Crippen molar-refractivity contribution in [3.05, 3.63) is 36.4 Å². The van der Waals surface area contributed by atoms with Crippen LogP contribution in [0.25, 0.3) is 0 Å². The van der Waals surface area contributed by atoms with E-state index in [4.69, 9.17) is 4.74 Å². The first-order valence-corrected chi connectivity index (χ1v) is 12.3. The van der Waals surface area contributed by atoms with Crippen molar-refractivity contribution in [2.24, 2.45) is 0 Å². The topological polar surface area (TPSA) is 97.6 Å². The van der Waals surface area contributed by atoms with E-state index in [-0.39, 0.29) is 22.6 Å². The Morgan fingerprint density at radius 1 is 1.06 bits per heavy atom. The lowest BCUT2D eigenvalue weighted by Gasteiger charge is -2.32. The number of nitrogens with zero attached hydrogens (tertiary/aromatic N) is 5. The predicted octanol–water partition coefficient (Wildman–Crippen LogP) is 2.33. The van der Waals surface area contributed by atoms with Gasteiger partial charge >= 0.3 is 0 Å². The van der Waals surface area contributed by atoms with Crippen molar-refractivity contribution < 1.29 is 17.9 Å². The van der Waals surface area contributed by atoms with Gasteiger partial charge in [-0.05, 0) is 43.9 Å². The zero-order valence-corrected chi connectivity index (χ0v) is 18.6. The molecule has 0 N–H and O–H groups in total. The van der Waals surface area contributed by atoms with E-state index in [2.05, 4.69) is 10.1 Å². The quantitative estimate of drug-likeness (QED) is 0.698. The molecule has 0 aliphatic carbocycles. The maximum atomic E-state index is 13.4. The van der Waals surface area contributed by atoms with Gasteiger partial charge in [0.2, 0.25) is 10.0 Å². The summed E-state index contributed by atoms with van der Waals surface area (Å²) in [5.74, 6) is 0.109. The highest BCUT2D eigenvalue weighted by Gasteiger charge is 2.31. The first-order valence-electron chi connectivity index (χ1n) is 10.8. The van der Waals surface area contributed by atoms with Crippen LogP contribution in [0.15, 0.2) is 35.7 Å². The molecule has 2 aliphatic heterocycles. The third-order valence-corrected chi connectivity index (χ3v) is 8.08. The molecule has 168 valence electrons. The van der Waals surface area contributed by atoms with Crippen LogP contribution in [0.4, 0.5) is 0 Å². The van der Waals surface area contributed by atoms with Crippen molar-refractivity contribution in [1.82, 2.24) is 24.0 Å². The van der Waals surface area contributed by atoms with Gasteiger partial charge in [0, 0.05) is 31.7 Å². The Hall–Kier alpha value is -2.46. The number of carbonyl (C=O) groups excluding carboxylic acids is 1. The molecule has 2 aromatic rings. The van der Waals surface area contributed by atoms with E-state index in [9.17, 15) is 13.2 Å². The highest BCUT2D eigenvalue weighted by atomic mass is 32.2. The van der Waals surface area contributed by atoms with Gasteiger partial charge in [-0.25, -0.2) is 18.1 Å². The molecule has 0 bridgehead atoms. The van der Waals surface area contributed by atoms with Gasteiger partial charge < -0.3 is 9.64 Å². The van der Waals surface area contributed by atoms with Crippen molar-refractivity contribution in [2.75, 3.05) is 33.3 Å². The SMILES string of the molecule is COc1ccc(C(=O)N2CCC(n3cncn3)CC2)cc1S(=O)(=O)N1CCCCCC1. The standard InChI is InChI=1S/C21H29N5O4S/c1-30-19-7-6-17(14-20(19)31(28,29)25-10-4-2-3-5-11-25)21(27)24-12-8-18(9-13-24)26-16-22-15-23-26/h6-7,14-16,18H,2-5,8-13H2,1H3. The zero-order chi connectivity index (χ0) is 21.8. The van der Waals surface area contributed by atoms with E-state index in [1.807, 2.05) is 4.68 Å². The summed E-state index contributed by atoms with van der Waals surface area (Å²) in [5, 5.41) is 4.19. The Kier molecular flexibility index (Phi) is 6.57. The number of likely N-dealkylation sites (tertiary alicyclic amines) is 1. The number of methoxy groups -OCH3 is 1. The second-order valence-corrected chi connectivity index (χ2v) is 9.99. The minimum Gasteiger partial charge on any atom is -0.495 e. The van der Waals surface area contributed by atoms with Crippen LogP contribution in [0.2, 0.25) is 0 Å². The third-order valence-electron chi connectivity index (χ3n) is 6.16. The lowest BCUT2D eigenvalue weighted by atomic mass is 10.0. The predicted molar refractivity (Wildman–Crippen MR) is 114 cm³/mol.